The van der Waals surface area contributed by atoms with E-state index >= 15 is 0 Å². The van der Waals surface area contributed by atoms with E-state index in [1.54, 1.807) is 13.8 Å². The molecule has 1 fully saturated rings. The molecule has 13 heteroatoms. The summed E-state index contributed by atoms with van der Waals surface area (Å²) in [6.07, 6.45) is 0.629. The molecule has 0 saturated carbocycles. The Morgan fingerprint density at radius 3 is 2.39 bits per heavy atom. The number of carbonyl (C=O) groups is 3. The first-order valence-corrected chi connectivity index (χ1v) is 13.6. The van der Waals surface area contributed by atoms with Crippen molar-refractivity contribution in [2.24, 2.45) is 0 Å². The molecule has 2 aromatic rings. The number of hydrogen-bond acceptors (Lipinski definition) is 8. The van der Waals surface area contributed by atoms with Crippen molar-refractivity contribution in [3.63, 3.8) is 0 Å². The molecule has 0 radical (unpaired) electrons. The monoisotopic (exact) mass is 535 g/mol. The molecule has 0 bridgehead atoms. The van der Waals surface area contributed by atoms with Crippen LogP contribution in [0.2, 0.25) is 0 Å². The van der Waals surface area contributed by atoms with Gasteiger partial charge in [-0.25, -0.2) is 8.42 Å². The maximum atomic E-state index is 13.1. The van der Waals surface area contributed by atoms with Crippen molar-refractivity contribution >= 4 is 44.1 Å². The third-order valence-corrected chi connectivity index (χ3v) is 9.28. The summed E-state index contributed by atoms with van der Waals surface area (Å²) in [7, 11) is -1.82. The molecule has 11 nitrogen and oxygen atoms in total. The molecular weight excluding hydrogens is 506 g/mol. The first-order chi connectivity index (χ1) is 16.9. The number of anilines is 1. The number of thiophene rings is 1. The summed E-state index contributed by atoms with van der Waals surface area (Å²) in [5.41, 5.74) is 5.39. The standard InChI is InChI=1S/C23H29N5O6S2/c1-14(29)25-26-21(31)19-17-9-10-27(4)11-18(17)35-22(19)24-20(30)15-5-7-16(8-6-15)36(32,33)28-13-34-12-23(28,2)3/h5-8H,9-13H2,1-4H3,(H,24,30)(H,25,29)(H,26,31). The largest absolute Gasteiger partial charge is 0.363 e. The van der Waals surface area contributed by atoms with Crippen LogP contribution in [0.1, 0.15) is 51.9 Å². The van der Waals surface area contributed by atoms with E-state index in [-0.39, 0.29) is 17.2 Å². The van der Waals surface area contributed by atoms with Crippen LogP contribution >= 0.6 is 11.3 Å². The zero-order chi connectivity index (χ0) is 26.3. The zero-order valence-corrected chi connectivity index (χ0v) is 22.1. The molecule has 1 saturated heterocycles. The highest BCUT2D eigenvalue weighted by molar-refractivity contribution is 7.89. The van der Waals surface area contributed by atoms with Crippen molar-refractivity contribution in [1.29, 1.82) is 0 Å². The maximum absolute atomic E-state index is 13.1. The number of hydrogen-bond donors (Lipinski definition) is 3. The molecule has 3 amide bonds. The van der Waals surface area contributed by atoms with Crippen LogP contribution in [-0.2, 0) is 32.5 Å². The lowest BCUT2D eigenvalue weighted by atomic mass is 10.0. The number of ether oxygens (including phenoxy) is 1. The van der Waals surface area contributed by atoms with Crippen LogP contribution in [0.15, 0.2) is 29.2 Å². The first-order valence-electron chi connectivity index (χ1n) is 11.3. The Bertz CT molecular complexity index is 1300. The highest BCUT2D eigenvalue weighted by atomic mass is 32.2. The molecular formula is C23H29N5O6S2. The Labute approximate surface area is 213 Å². The van der Waals surface area contributed by atoms with Gasteiger partial charge in [-0.1, -0.05) is 0 Å². The first kappa shape index (κ1) is 26.2. The average molecular weight is 536 g/mol. The van der Waals surface area contributed by atoms with Crippen molar-refractivity contribution in [3.8, 4) is 0 Å². The van der Waals surface area contributed by atoms with Crippen LogP contribution in [0, 0.1) is 0 Å². The molecule has 2 aliphatic rings. The summed E-state index contributed by atoms with van der Waals surface area (Å²) in [5, 5.41) is 3.17. The summed E-state index contributed by atoms with van der Waals surface area (Å²) in [6.45, 7) is 6.52. The molecule has 3 heterocycles. The van der Waals surface area contributed by atoms with Gasteiger partial charge < -0.3 is 15.0 Å². The van der Waals surface area contributed by atoms with E-state index in [0.29, 0.717) is 30.1 Å². The van der Waals surface area contributed by atoms with Crippen molar-refractivity contribution in [2.45, 2.75) is 44.2 Å². The van der Waals surface area contributed by atoms with Crippen LogP contribution in [0.3, 0.4) is 0 Å². The van der Waals surface area contributed by atoms with E-state index in [2.05, 4.69) is 21.1 Å². The van der Waals surface area contributed by atoms with Gasteiger partial charge in [0.05, 0.1) is 22.6 Å². The van der Waals surface area contributed by atoms with E-state index in [9.17, 15) is 22.8 Å². The summed E-state index contributed by atoms with van der Waals surface area (Å²) in [4.78, 5) is 40.3. The fraction of sp³-hybridized carbons (Fsp3) is 0.435. The number of hydrazine groups is 1. The molecule has 36 heavy (non-hydrogen) atoms. The number of amides is 3. The molecule has 2 aliphatic heterocycles. The topological polar surface area (TPSA) is 137 Å². The minimum Gasteiger partial charge on any atom is -0.363 e. The Hall–Kier alpha value is -2.84. The quantitative estimate of drug-likeness (QED) is 0.494. The molecule has 3 N–H and O–H groups in total. The average Bonchev–Trinajstić information content (AvgIpc) is 3.36. The smallest absolute Gasteiger partial charge is 0.272 e. The van der Waals surface area contributed by atoms with Crippen LogP contribution in [-0.4, -0.2) is 67.8 Å². The van der Waals surface area contributed by atoms with Gasteiger partial charge in [0.15, 0.2) is 0 Å². The second-order valence-electron chi connectivity index (χ2n) is 9.45. The van der Waals surface area contributed by atoms with Gasteiger partial charge in [-0.2, -0.15) is 4.31 Å². The molecule has 0 atom stereocenters. The third-order valence-electron chi connectivity index (χ3n) is 6.10. The fourth-order valence-corrected chi connectivity index (χ4v) is 7.14. The Morgan fingerprint density at radius 2 is 1.78 bits per heavy atom. The lowest BCUT2D eigenvalue weighted by Gasteiger charge is -2.28. The van der Waals surface area contributed by atoms with Gasteiger partial charge in [-0.3, -0.25) is 25.2 Å². The molecule has 4 rings (SSSR count). The van der Waals surface area contributed by atoms with E-state index in [0.717, 1.165) is 17.0 Å². The third kappa shape index (κ3) is 5.15. The molecule has 1 aromatic heterocycles. The van der Waals surface area contributed by atoms with E-state index in [1.165, 1.54) is 46.8 Å². The summed E-state index contributed by atoms with van der Waals surface area (Å²) in [5.74, 6) is -1.42. The number of rotatable bonds is 5. The van der Waals surface area contributed by atoms with Gasteiger partial charge in [0, 0.05) is 30.5 Å². The van der Waals surface area contributed by atoms with Crippen LogP contribution in [0.4, 0.5) is 5.00 Å². The number of nitrogens with one attached hydrogen (secondary N) is 3. The van der Waals surface area contributed by atoms with Crippen LogP contribution < -0.4 is 16.2 Å². The predicted octanol–water partition coefficient (Wildman–Crippen LogP) is 1.53. The predicted molar refractivity (Wildman–Crippen MR) is 134 cm³/mol. The van der Waals surface area contributed by atoms with E-state index in [1.807, 2.05) is 7.05 Å². The van der Waals surface area contributed by atoms with Gasteiger partial charge >= 0.3 is 0 Å². The SMILES string of the molecule is CC(=O)NNC(=O)c1c(NC(=O)c2ccc(S(=O)(=O)N3COCC3(C)C)cc2)sc2c1CCN(C)C2. The normalized spacial score (nSPS) is 17.9. The number of likely N-dealkylation sites (N-methyl/N-ethyl adjacent to an activating group) is 1. The van der Waals surface area contributed by atoms with Crippen molar-refractivity contribution in [3.05, 3.63) is 45.8 Å². The van der Waals surface area contributed by atoms with Gasteiger partial charge in [0.2, 0.25) is 15.9 Å². The minimum absolute atomic E-state index is 0.0286. The highest BCUT2D eigenvalue weighted by Crippen LogP contribution is 2.37. The van der Waals surface area contributed by atoms with E-state index in [4.69, 9.17) is 4.74 Å². The summed E-state index contributed by atoms with van der Waals surface area (Å²) in [6, 6.07) is 5.64. The number of carbonyl (C=O) groups excluding carboxylic acids is 3. The lowest BCUT2D eigenvalue weighted by molar-refractivity contribution is -0.119. The molecule has 0 unspecified atom stereocenters. The van der Waals surface area contributed by atoms with Crippen molar-refractivity contribution < 1.29 is 27.5 Å². The molecule has 1 aromatic carbocycles. The summed E-state index contributed by atoms with van der Waals surface area (Å²) < 4.78 is 32.7. The number of benzene rings is 1. The number of fused-ring (bicyclic) bond motifs is 1. The van der Waals surface area contributed by atoms with Crippen molar-refractivity contribution in [2.75, 3.05) is 32.2 Å². The zero-order valence-electron chi connectivity index (χ0n) is 20.5. The Kier molecular flexibility index (Phi) is 7.21. The minimum atomic E-state index is -3.80. The number of nitrogens with zero attached hydrogens (tertiary/aromatic N) is 2. The van der Waals surface area contributed by atoms with Gasteiger partial charge in [-0.15, -0.1) is 11.3 Å². The Balaban J connectivity index is 1.57. The lowest BCUT2D eigenvalue weighted by Crippen LogP contribution is -2.44. The van der Waals surface area contributed by atoms with Gasteiger partial charge in [-0.05, 0) is 57.1 Å². The van der Waals surface area contributed by atoms with Crippen molar-refractivity contribution in [1.82, 2.24) is 20.1 Å². The molecule has 0 aliphatic carbocycles. The molecule has 194 valence electrons. The van der Waals surface area contributed by atoms with Crippen LogP contribution in [0.5, 0.6) is 0 Å². The van der Waals surface area contributed by atoms with E-state index < -0.39 is 33.3 Å². The van der Waals surface area contributed by atoms with Gasteiger partial charge in [0.25, 0.3) is 11.8 Å². The Morgan fingerprint density at radius 1 is 1.08 bits per heavy atom. The van der Waals surface area contributed by atoms with Gasteiger partial charge in [0.1, 0.15) is 11.7 Å². The second-order valence-corrected chi connectivity index (χ2v) is 12.4. The second kappa shape index (κ2) is 9.90. The fourth-order valence-electron chi connectivity index (χ4n) is 4.17. The maximum Gasteiger partial charge on any atom is 0.272 e. The summed E-state index contributed by atoms with van der Waals surface area (Å²) >= 11 is 1.31. The highest BCUT2D eigenvalue weighted by Gasteiger charge is 2.42. The molecule has 0 spiro atoms. The number of sulfonamides is 1. The van der Waals surface area contributed by atoms with Crippen LogP contribution in [0.25, 0.3) is 0 Å².